The maximum Gasteiger partial charge on any atom is 0.401 e. The second-order valence-electron chi connectivity index (χ2n) is 4.49. The van der Waals surface area contributed by atoms with E-state index in [9.17, 15) is 18.0 Å². The third-order valence-corrected chi connectivity index (χ3v) is 3.71. The predicted molar refractivity (Wildman–Crippen MR) is 66.0 cm³/mol. The molecule has 1 aromatic rings. The van der Waals surface area contributed by atoms with Crippen LogP contribution in [0.1, 0.15) is 12.8 Å². The molecular formula is C11H14F3N3OS. The van der Waals surface area contributed by atoms with Crippen molar-refractivity contribution >= 4 is 22.4 Å². The third kappa shape index (κ3) is 4.46. The second-order valence-corrected chi connectivity index (χ2v) is 5.39. The number of rotatable bonds is 3. The summed E-state index contributed by atoms with van der Waals surface area (Å²) in [7, 11) is 0. The maximum atomic E-state index is 12.2. The number of nitrogens with one attached hydrogen (secondary N) is 1. The molecule has 1 fully saturated rings. The van der Waals surface area contributed by atoms with Crippen LogP contribution in [0.3, 0.4) is 0 Å². The number of hydrogen-bond acceptors (Lipinski definition) is 4. The molecule has 8 heteroatoms. The number of carbonyl (C=O) groups is 1. The van der Waals surface area contributed by atoms with Crippen molar-refractivity contribution in [2.75, 3.05) is 25.0 Å². The molecule has 2 heterocycles. The third-order valence-electron chi connectivity index (χ3n) is 3.02. The van der Waals surface area contributed by atoms with E-state index in [-0.39, 0.29) is 11.8 Å². The molecule has 1 aliphatic heterocycles. The molecule has 1 saturated heterocycles. The first kappa shape index (κ1) is 14.3. The fourth-order valence-electron chi connectivity index (χ4n) is 2.10. The largest absolute Gasteiger partial charge is 0.401 e. The van der Waals surface area contributed by atoms with E-state index in [1.165, 1.54) is 16.2 Å². The van der Waals surface area contributed by atoms with Crippen molar-refractivity contribution in [2.45, 2.75) is 19.0 Å². The summed E-state index contributed by atoms with van der Waals surface area (Å²) < 4.78 is 36.7. The molecule has 0 bridgehead atoms. The minimum absolute atomic E-state index is 0.151. The van der Waals surface area contributed by atoms with Crippen LogP contribution in [0.4, 0.5) is 18.3 Å². The molecule has 0 atom stereocenters. The van der Waals surface area contributed by atoms with Gasteiger partial charge in [-0.2, -0.15) is 13.2 Å². The van der Waals surface area contributed by atoms with Crippen LogP contribution in [0.5, 0.6) is 0 Å². The summed E-state index contributed by atoms with van der Waals surface area (Å²) in [4.78, 5) is 17.2. The lowest BCUT2D eigenvalue weighted by atomic mass is 9.96. The number of carbonyl (C=O) groups excluding carboxylic acids is 1. The number of likely N-dealkylation sites (tertiary alicyclic amines) is 1. The van der Waals surface area contributed by atoms with E-state index < -0.39 is 12.7 Å². The maximum absolute atomic E-state index is 12.2. The average molecular weight is 293 g/mol. The monoisotopic (exact) mass is 293 g/mol. The number of aromatic nitrogens is 1. The molecule has 2 rings (SSSR count). The van der Waals surface area contributed by atoms with Gasteiger partial charge in [0.1, 0.15) is 0 Å². The van der Waals surface area contributed by atoms with Gasteiger partial charge in [0.2, 0.25) is 5.91 Å². The van der Waals surface area contributed by atoms with Gasteiger partial charge in [0.25, 0.3) is 0 Å². The molecule has 1 N–H and O–H groups in total. The number of nitrogens with zero attached hydrogens (tertiary/aromatic N) is 2. The minimum atomic E-state index is -4.17. The van der Waals surface area contributed by atoms with Crippen LogP contribution < -0.4 is 5.32 Å². The van der Waals surface area contributed by atoms with Crippen molar-refractivity contribution in [3.8, 4) is 0 Å². The van der Waals surface area contributed by atoms with Crippen LogP contribution in [0.25, 0.3) is 0 Å². The van der Waals surface area contributed by atoms with Crippen molar-refractivity contribution in [3.63, 3.8) is 0 Å². The Morgan fingerprint density at radius 1 is 1.47 bits per heavy atom. The Morgan fingerprint density at radius 3 is 2.68 bits per heavy atom. The first-order valence-electron chi connectivity index (χ1n) is 5.93. The molecular weight excluding hydrogens is 279 g/mol. The van der Waals surface area contributed by atoms with Gasteiger partial charge in [-0.1, -0.05) is 0 Å². The van der Waals surface area contributed by atoms with Crippen molar-refractivity contribution in [3.05, 3.63) is 11.6 Å². The van der Waals surface area contributed by atoms with Gasteiger partial charge in [0.15, 0.2) is 5.13 Å². The van der Waals surface area contributed by atoms with Gasteiger partial charge in [-0.25, -0.2) is 4.98 Å². The van der Waals surface area contributed by atoms with Crippen LogP contribution in [-0.2, 0) is 4.79 Å². The van der Waals surface area contributed by atoms with Crippen molar-refractivity contribution in [1.29, 1.82) is 0 Å². The topological polar surface area (TPSA) is 45.2 Å². The summed E-state index contributed by atoms with van der Waals surface area (Å²) in [5.74, 6) is -0.380. The average Bonchev–Trinajstić information content (AvgIpc) is 2.80. The van der Waals surface area contributed by atoms with E-state index in [0.717, 1.165) is 0 Å². The Hall–Kier alpha value is -1.15. The zero-order chi connectivity index (χ0) is 13.9. The van der Waals surface area contributed by atoms with Crippen LogP contribution in [0, 0.1) is 5.92 Å². The minimum Gasteiger partial charge on any atom is -0.302 e. The van der Waals surface area contributed by atoms with Gasteiger partial charge < -0.3 is 5.32 Å². The molecule has 0 unspecified atom stereocenters. The first-order valence-corrected chi connectivity index (χ1v) is 6.81. The fraction of sp³-hybridized carbons (Fsp3) is 0.636. The SMILES string of the molecule is O=C(Nc1nccs1)C1CCN(CC(F)(F)F)CC1. The first-order chi connectivity index (χ1) is 8.94. The van der Waals surface area contributed by atoms with E-state index >= 15 is 0 Å². The summed E-state index contributed by atoms with van der Waals surface area (Å²) in [6.45, 7) is -0.293. The number of thiazole rings is 1. The van der Waals surface area contributed by atoms with Gasteiger partial charge in [0, 0.05) is 17.5 Å². The lowest BCUT2D eigenvalue weighted by Crippen LogP contribution is -2.42. The number of amides is 1. The molecule has 0 radical (unpaired) electrons. The van der Waals surface area contributed by atoms with E-state index in [4.69, 9.17) is 0 Å². The van der Waals surface area contributed by atoms with E-state index in [0.29, 0.717) is 31.1 Å². The molecule has 0 spiro atoms. The lowest BCUT2D eigenvalue weighted by Gasteiger charge is -2.31. The highest BCUT2D eigenvalue weighted by Crippen LogP contribution is 2.23. The van der Waals surface area contributed by atoms with Crippen LogP contribution in [0.15, 0.2) is 11.6 Å². The summed E-state index contributed by atoms with van der Waals surface area (Å²) in [6, 6.07) is 0. The van der Waals surface area contributed by atoms with Crippen molar-refractivity contribution < 1.29 is 18.0 Å². The van der Waals surface area contributed by atoms with Crippen LogP contribution >= 0.6 is 11.3 Å². The number of alkyl halides is 3. The highest BCUT2D eigenvalue weighted by Gasteiger charge is 2.33. The molecule has 4 nitrogen and oxygen atoms in total. The summed E-state index contributed by atoms with van der Waals surface area (Å²) in [5.41, 5.74) is 0. The summed E-state index contributed by atoms with van der Waals surface area (Å²) in [5, 5.41) is 4.96. The second kappa shape index (κ2) is 5.87. The number of hydrogen-bond donors (Lipinski definition) is 1. The van der Waals surface area contributed by atoms with Crippen LogP contribution in [-0.4, -0.2) is 41.6 Å². The van der Waals surface area contributed by atoms with E-state index in [1.807, 2.05) is 0 Å². The number of halogens is 3. The summed E-state index contributed by atoms with van der Waals surface area (Å²) in [6.07, 6.45) is -1.68. The highest BCUT2D eigenvalue weighted by molar-refractivity contribution is 7.13. The fourth-order valence-corrected chi connectivity index (χ4v) is 2.63. The molecule has 1 aromatic heterocycles. The van der Waals surface area contributed by atoms with Crippen molar-refractivity contribution in [2.24, 2.45) is 5.92 Å². The molecule has 0 aromatic carbocycles. The molecule has 106 valence electrons. The zero-order valence-electron chi connectivity index (χ0n) is 10.1. The smallest absolute Gasteiger partial charge is 0.302 e. The van der Waals surface area contributed by atoms with E-state index in [2.05, 4.69) is 10.3 Å². The standard InChI is InChI=1S/C11H14F3N3OS/c12-11(13,14)7-17-4-1-8(2-5-17)9(18)16-10-15-3-6-19-10/h3,6,8H,1-2,4-5,7H2,(H,15,16,18). The Bertz CT molecular complexity index is 413. The van der Waals surface area contributed by atoms with Crippen molar-refractivity contribution in [1.82, 2.24) is 9.88 Å². The lowest BCUT2D eigenvalue weighted by molar-refractivity contribution is -0.149. The van der Waals surface area contributed by atoms with Gasteiger partial charge in [-0.15, -0.1) is 11.3 Å². The molecule has 1 amide bonds. The Labute approximate surface area is 112 Å². The Kier molecular flexibility index (Phi) is 4.41. The molecule has 19 heavy (non-hydrogen) atoms. The summed E-state index contributed by atoms with van der Waals surface area (Å²) >= 11 is 1.32. The van der Waals surface area contributed by atoms with Crippen LogP contribution in [0.2, 0.25) is 0 Å². The molecule has 1 aliphatic rings. The van der Waals surface area contributed by atoms with Gasteiger partial charge in [-0.3, -0.25) is 9.69 Å². The van der Waals surface area contributed by atoms with Gasteiger partial charge in [0.05, 0.1) is 6.54 Å². The highest BCUT2D eigenvalue weighted by atomic mass is 32.1. The predicted octanol–water partition coefficient (Wildman–Crippen LogP) is 2.36. The van der Waals surface area contributed by atoms with Gasteiger partial charge in [-0.05, 0) is 25.9 Å². The molecule has 0 aliphatic carbocycles. The normalized spacial score (nSPS) is 18.5. The Balaban J connectivity index is 1.78. The molecule has 0 saturated carbocycles. The van der Waals surface area contributed by atoms with Gasteiger partial charge >= 0.3 is 6.18 Å². The quantitative estimate of drug-likeness (QED) is 0.930. The zero-order valence-corrected chi connectivity index (χ0v) is 10.9. The number of piperidine rings is 1. The van der Waals surface area contributed by atoms with E-state index in [1.54, 1.807) is 11.6 Å². The number of anilines is 1. The Morgan fingerprint density at radius 2 is 2.16 bits per heavy atom.